The minimum absolute atomic E-state index is 0.134. The predicted octanol–water partition coefficient (Wildman–Crippen LogP) is 3.25. The van der Waals surface area contributed by atoms with Crippen molar-refractivity contribution in [2.24, 2.45) is 0 Å². The van der Waals surface area contributed by atoms with Crippen molar-refractivity contribution in [1.29, 1.82) is 0 Å². The Balaban J connectivity index is 1.43. The van der Waals surface area contributed by atoms with Gasteiger partial charge in [0.1, 0.15) is 0 Å². The molecule has 1 aliphatic rings. The average molecular weight is 377 g/mol. The quantitative estimate of drug-likeness (QED) is 0.662. The van der Waals surface area contributed by atoms with Crippen molar-refractivity contribution in [2.45, 2.75) is 13.1 Å². The molecule has 0 unspecified atom stereocenters. The lowest BCUT2D eigenvalue weighted by molar-refractivity contribution is 0.0630. The minimum Gasteiger partial charge on any atom is -0.383 e. The second-order valence-corrected chi connectivity index (χ2v) is 7.29. The van der Waals surface area contributed by atoms with E-state index in [4.69, 9.17) is 4.74 Å². The smallest absolute Gasteiger partial charge is 0.254 e. The second kappa shape index (κ2) is 8.59. The van der Waals surface area contributed by atoms with E-state index in [1.807, 2.05) is 35.4 Å². The van der Waals surface area contributed by atoms with Crippen LogP contribution in [0.2, 0.25) is 0 Å². The molecule has 5 nitrogen and oxygen atoms in total. The molecule has 0 radical (unpaired) electrons. The zero-order chi connectivity index (χ0) is 19.3. The summed E-state index contributed by atoms with van der Waals surface area (Å²) in [6.07, 6.45) is 2.04. The molecular weight excluding hydrogens is 350 g/mol. The Morgan fingerprint density at radius 1 is 0.964 bits per heavy atom. The molecule has 146 valence electrons. The summed E-state index contributed by atoms with van der Waals surface area (Å²) in [7, 11) is 1.71. The normalized spacial score (nSPS) is 15.2. The van der Waals surface area contributed by atoms with E-state index in [1.165, 1.54) is 5.56 Å². The van der Waals surface area contributed by atoms with E-state index in [0.29, 0.717) is 6.61 Å². The molecule has 1 aromatic heterocycles. The molecule has 4 rings (SSSR count). The van der Waals surface area contributed by atoms with Gasteiger partial charge in [0.05, 0.1) is 6.61 Å². The molecule has 0 atom stereocenters. The van der Waals surface area contributed by atoms with Crippen LogP contribution in [0, 0.1) is 0 Å². The molecule has 3 aromatic rings. The second-order valence-electron chi connectivity index (χ2n) is 7.29. The number of hydrogen-bond donors (Lipinski definition) is 0. The predicted molar refractivity (Wildman–Crippen MR) is 111 cm³/mol. The van der Waals surface area contributed by atoms with Gasteiger partial charge in [-0.05, 0) is 23.8 Å². The Kier molecular flexibility index (Phi) is 5.74. The van der Waals surface area contributed by atoms with Crippen molar-refractivity contribution in [2.75, 3.05) is 39.9 Å². The van der Waals surface area contributed by atoms with Crippen LogP contribution in [-0.2, 0) is 17.8 Å². The average Bonchev–Trinajstić information content (AvgIpc) is 3.16. The van der Waals surface area contributed by atoms with E-state index in [1.54, 1.807) is 7.11 Å². The molecule has 0 N–H and O–H groups in total. The third-order valence-corrected chi connectivity index (χ3v) is 5.49. The number of amides is 1. The third kappa shape index (κ3) is 3.96. The molecule has 2 heterocycles. The molecule has 0 spiro atoms. The van der Waals surface area contributed by atoms with Gasteiger partial charge in [-0.15, -0.1) is 0 Å². The number of carbonyl (C=O) groups excluding carboxylic acids is 1. The monoisotopic (exact) mass is 377 g/mol. The molecule has 0 bridgehead atoms. The van der Waals surface area contributed by atoms with Crippen LogP contribution in [-0.4, -0.2) is 60.2 Å². The molecule has 28 heavy (non-hydrogen) atoms. The minimum atomic E-state index is 0.134. The van der Waals surface area contributed by atoms with E-state index in [-0.39, 0.29) is 5.91 Å². The number of aromatic nitrogens is 1. The standard InChI is InChI=1S/C23H27N3O2/c1-28-17-16-25-11-10-20-21(8-5-9-22(20)25)23(27)26-14-12-24(13-15-26)18-19-6-3-2-4-7-19/h2-11H,12-18H2,1H3. The van der Waals surface area contributed by atoms with E-state index < -0.39 is 0 Å². The number of benzene rings is 2. The van der Waals surface area contributed by atoms with Crippen LogP contribution in [0.4, 0.5) is 0 Å². The van der Waals surface area contributed by atoms with Crippen molar-refractivity contribution in [3.05, 3.63) is 71.9 Å². The van der Waals surface area contributed by atoms with Gasteiger partial charge in [0.25, 0.3) is 5.91 Å². The third-order valence-electron chi connectivity index (χ3n) is 5.49. The lowest BCUT2D eigenvalue weighted by Crippen LogP contribution is -2.48. The van der Waals surface area contributed by atoms with Gasteiger partial charge in [0.2, 0.25) is 0 Å². The first-order chi connectivity index (χ1) is 13.8. The first kappa shape index (κ1) is 18.7. The van der Waals surface area contributed by atoms with Crippen LogP contribution in [0.25, 0.3) is 10.9 Å². The SMILES string of the molecule is COCCn1ccc2c(C(=O)N3CCN(Cc4ccccc4)CC3)cccc21. The molecule has 0 aliphatic carbocycles. The van der Waals surface area contributed by atoms with Crippen molar-refractivity contribution >= 4 is 16.8 Å². The number of nitrogens with zero attached hydrogens (tertiary/aromatic N) is 3. The molecule has 1 fully saturated rings. The fraction of sp³-hybridized carbons (Fsp3) is 0.348. The maximum Gasteiger partial charge on any atom is 0.254 e. The van der Waals surface area contributed by atoms with Gasteiger partial charge in [-0.3, -0.25) is 9.69 Å². The Hall–Kier alpha value is -2.63. The van der Waals surface area contributed by atoms with Gasteiger partial charge in [0, 0.05) is 69.0 Å². The molecule has 2 aromatic carbocycles. The van der Waals surface area contributed by atoms with E-state index in [9.17, 15) is 4.79 Å². The number of ether oxygens (including phenoxy) is 1. The number of piperazine rings is 1. The molecule has 1 saturated heterocycles. The lowest BCUT2D eigenvalue weighted by Gasteiger charge is -2.35. The summed E-state index contributed by atoms with van der Waals surface area (Å²) in [5, 5.41) is 1.02. The summed E-state index contributed by atoms with van der Waals surface area (Å²) in [6.45, 7) is 5.75. The Morgan fingerprint density at radius 3 is 2.50 bits per heavy atom. The van der Waals surface area contributed by atoms with Gasteiger partial charge < -0.3 is 14.2 Å². The zero-order valence-electron chi connectivity index (χ0n) is 16.4. The Bertz CT molecular complexity index is 927. The molecule has 5 heteroatoms. The number of fused-ring (bicyclic) bond motifs is 1. The maximum absolute atomic E-state index is 13.2. The van der Waals surface area contributed by atoms with Crippen molar-refractivity contribution < 1.29 is 9.53 Å². The van der Waals surface area contributed by atoms with E-state index in [2.05, 4.69) is 39.8 Å². The van der Waals surface area contributed by atoms with Crippen LogP contribution in [0.5, 0.6) is 0 Å². The number of rotatable bonds is 6. The number of methoxy groups -OCH3 is 1. The van der Waals surface area contributed by atoms with Crippen LogP contribution in [0.3, 0.4) is 0 Å². The maximum atomic E-state index is 13.2. The van der Waals surface area contributed by atoms with Crippen LogP contribution < -0.4 is 0 Å². The van der Waals surface area contributed by atoms with Crippen LogP contribution >= 0.6 is 0 Å². The van der Waals surface area contributed by atoms with Crippen molar-refractivity contribution in [3.63, 3.8) is 0 Å². The van der Waals surface area contributed by atoms with Gasteiger partial charge >= 0.3 is 0 Å². The van der Waals surface area contributed by atoms with E-state index >= 15 is 0 Å². The fourth-order valence-corrected chi connectivity index (χ4v) is 3.92. The summed E-state index contributed by atoms with van der Waals surface area (Å²) in [6, 6.07) is 18.6. The highest BCUT2D eigenvalue weighted by Gasteiger charge is 2.23. The van der Waals surface area contributed by atoms with E-state index in [0.717, 1.165) is 55.7 Å². The summed E-state index contributed by atoms with van der Waals surface area (Å²) in [4.78, 5) is 17.6. The van der Waals surface area contributed by atoms with Crippen LogP contribution in [0.15, 0.2) is 60.8 Å². The van der Waals surface area contributed by atoms with Crippen molar-refractivity contribution in [1.82, 2.24) is 14.4 Å². The summed E-state index contributed by atoms with van der Waals surface area (Å²) < 4.78 is 7.34. The first-order valence-corrected chi connectivity index (χ1v) is 9.88. The highest BCUT2D eigenvalue weighted by atomic mass is 16.5. The number of hydrogen-bond acceptors (Lipinski definition) is 3. The largest absolute Gasteiger partial charge is 0.383 e. The Labute approximate surface area is 166 Å². The highest BCUT2D eigenvalue weighted by Crippen LogP contribution is 2.22. The number of carbonyl (C=O) groups is 1. The molecular formula is C23H27N3O2. The summed E-state index contributed by atoms with van der Waals surface area (Å²) in [5.74, 6) is 0.134. The zero-order valence-corrected chi connectivity index (χ0v) is 16.4. The van der Waals surface area contributed by atoms with Gasteiger partial charge in [0.15, 0.2) is 0 Å². The molecule has 0 saturated carbocycles. The Morgan fingerprint density at radius 2 is 1.75 bits per heavy atom. The first-order valence-electron chi connectivity index (χ1n) is 9.88. The van der Waals surface area contributed by atoms with Crippen molar-refractivity contribution in [3.8, 4) is 0 Å². The lowest BCUT2D eigenvalue weighted by atomic mass is 10.1. The summed E-state index contributed by atoms with van der Waals surface area (Å²) in [5.41, 5.74) is 3.21. The van der Waals surface area contributed by atoms with Crippen LogP contribution in [0.1, 0.15) is 15.9 Å². The van der Waals surface area contributed by atoms with Gasteiger partial charge in [-0.1, -0.05) is 36.4 Å². The summed E-state index contributed by atoms with van der Waals surface area (Å²) >= 11 is 0. The topological polar surface area (TPSA) is 37.7 Å². The molecule has 1 aliphatic heterocycles. The highest BCUT2D eigenvalue weighted by molar-refractivity contribution is 6.06. The van der Waals surface area contributed by atoms with Gasteiger partial charge in [-0.25, -0.2) is 0 Å². The fourth-order valence-electron chi connectivity index (χ4n) is 3.92. The molecule has 1 amide bonds. The van der Waals surface area contributed by atoms with Gasteiger partial charge in [-0.2, -0.15) is 0 Å².